The van der Waals surface area contributed by atoms with Crippen LogP contribution in [0.5, 0.6) is 0 Å². The Morgan fingerprint density at radius 2 is 0.982 bits per heavy atom. The van der Waals surface area contributed by atoms with Crippen molar-refractivity contribution in [3.8, 4) is 50.2 Å². The van der Waals surface area contributed by atoms with Crippen molar-refractivity contribution in [3.63, 3.8) is 0 Å². The molecule has 4 nitrogen and oxygen atoms in total. The van der Waals surface area contributed by atoms with Crippen molar-refractivity contribution in [3.05, 3.63) is 204 Å². The molecule has 0 radical (unpaired) electrons. The SMILES string of the molecule is Cc1ccc(-c2cccc3c4ccccc4n(-c4cccc5c4C(=O)N(c4c(-c6ccccc6)cc(-c6ccccc6)cc4-c4ccccc4)C5=O)c23)c(C)c1. The van der Waals surface area contributed by atoms with E-state index in [1.807, 2.05) is 97.1 Å². The summed E-state index contributed by atoms with van der Waals surface area (Å²) in [6.45, 7) is 4.25. The molecule has 1 aliphatic heterocycles. The number of nitrogens with zero attached hydrogens (tertiary/aromatic N) is 2. The number of aromatic nitrogens is 1. The van der Waals surface area contributed by atoms with Crippen LogP contribution in [-0.4, -0.2) is 16.4 Å². The number of aryl methyl sites for hydroxylation is 2. The smallest absolute Gasteiger partial charge is 0.268 e. The lowest BCUT2D eigenvalue weighted by atomic mass is 9.90. The van der Waals surface area contributed by atoms with Gasteiger partial charge in [-0.05, 0) is 77.6 Å². The number of carbonyl (C=O) groups excluding carboxylic acids is 2. The normalized spacial score (nSPS) is 12.5. The Hall–Kier alpha value is -7.30. The molecule has 0 atom stereocenters. The number of benzene rings is 8. The molecule has 9 aromatic rings. The molecule has 8 aromatic carbocycles. The van der Waals surface area contributed by atoms with E-state index in [0.29, 0.717) is 22.5 Å². The Morgan fingerprint density at radius 3 is 1.64 bits per heavy atom. The fourth-order valence-corrected chi connectivity index (χ4v) is 8.61. The summed E-state index contributed by atoms with van der Waals surface area (Å²) in [6, 6.07) is 61.5. The van der Waals surface area contributed by atoms with Crippen molar-refractivity contribution in [2.75, 3.05) is 4.90 Å². The third-order valence-corrected chi connectivity index (χ3v) is 11.1. The van der Waals surface area contributed by atoms with Crippen molar-refractivity contribution in [2.45, 2.75) is 13.8 Å². The second kappa shape index (κ2) is 13.2. The highest BCUT2D eigenvalue weighted by molar-refractivity contribution is 6.37. The molecule has 56 heavy (non-hydrogen) atoms. The summed E-state index contributed by atoms with van der Waals surface area (Å²) in [7, 11) is 0. The van der Waals surface area contributed by atoms with Gasteiger partial charge < -0.3 is 4.57 Å². The van der Waals surface area contributed by atoms with Gasteiger partial charge in [0.05, 0.1) is 33.5 Å². The van der Waals surface area contributed by atoms with E-state index in [4.69, 9.17) is 0 Å². The Kier molecular flexibility index (Phi) is 7.86. The van der Waals surface area contributed by atoms with E-state index in [2.05, 4.69) is 97.3 Å². The second-order valence-corrected chi connectivity index (χ2v) is 14.5. The standard InChI is InChI=1S/C52H36N2O2/c1-33-28-29-39(34(2)30-33)41-23-14-24-42-40-22-12-13-26-46(40)53(49(41)42)47-27-15-25-43-48(47)52(56)54(51(43)55)50-44(36-18-8-4-9-19-36)31-38(35-16-6-3-7-17-35)32-45(50)37-20-10-5-11-21-37/h3-32H,1-2H3. The van der Waals surface area contributed by atoms with Gasteiger partial charge in [0.25, 0.3) is 11.8 Å². The molecule has 1 aromatic heterocycles. The zero-order valence-corrected chi connectivity index (χ0v) is 31.0. The Morgan fingerprint density at radius 1 is 0.411 bits per heavy atom. The van der Waals surface area contributed by atoms with Gasteiger partial charge >= 0.3 is 0 Å². The van der Waals surface area contributed by atoms with Crippen LogP contribution >= 0.6 is 0 Å². The van der Waals surface area contributed by atoms with Crippen LogP contribution in [0.15, 0.2) is 182 Å². The molecule has 266 valence electrons. The minimum absolute atomic E-state index is 0.343. The molecule has 0 saturated carbocycles. The van der Waals surface area contributed by atoms with Crippen molar-refractivity contribution in [2.24, 2.45) is 0 Å². The highest BCUT2D eigenvalue weighted by Crippen LogP contribution is 2.47. The first-order valence-corrected chi connectivity index (χ1v) is 18.9. The summed E-state index contributed by atoms with van der Waals surface area (Å²) in [6.07, 6.45) is 0. The maximum absolute atomic E-state index is 15.5. The molecule has 2 heterocycles. The van der Waals surface area contributed by atoms with Gasteiger partial charge in [0.1, 0.15) is 0 Å². The van der Waals surface area contributed by atoms with Crippen molar-refractivity contribution >= 4 is 39.3 Å². The molecule has 0 N–H and O–H groups in total. The van der Waals surface area contributed by atoms with Crippen molar-refractivity contribution in [1.29, 1.82) is 0 Å². The van der Waals surface area contributed by atoms with E-state index in [9.17, 15) is 0 Å². The molecule has 1 aliphatic rings. The van der Waals surface area contributed by atoms with Crippen molar-refractivity contribution in [1.82, 2.24) is 4.57 Å². The van der Waals surface area contributed by atoms with E-state index in [1.54, 1.807) is 6.07 Å². The van der Waals surface area contributed by atoms with Gasteiger partial charge in [0.15, 0.2) is 0 Å². The van der Waals surface area contributed by atoms with Gasteiger partial charge in [-0.2, -0.15) is 0 Å². The van der Waals surface area contributed by atoms with Gasteiger partial charge in [-0.1, -0.05) is 157 Å². The van der Waals surface area contributed by atoms with E-state index in [-0.39, 0.29) is 11.8 Å². The molecule has 0 spiro atoms. The Balaban J connectivity index is 1.25. The molecule has 0 fully saturated rings. The molecule has 2 amide bonds. The zero-order valence-electron chi connectivity index (χ0n) is 31.0. The lowest BCUT2D eigenvalue weighted by molar-refractivity contribution is 0.0926. The van der Waals surface area contributed by atoms with Gasteiger partial charge in [-0.3, -0.25) is 9.59 Å². The largest absolute Gasteiger partial charge is 0.308 e. The average Bonchev–Trinajstić information content (AvgIpc) is 3.72. The summed E-state index contributed by atoms with van der Waals surface area (Å²) in [5.41, 5.74) is 14.0. The maximum Gasteiger partial charge on any atom is 0.268 e. The van der Waals surface area contributed by atoms with Crippen molar-refractivity contribution < 1.29 is 9.59 Å². The third kappa shape index (κ3) is 5.22. The van der Waals surface area contributed by atoms with Crippen LogP contribution in [0.1, 0.15) is 31.8 Å². The van der Waals surface area contributed by atoms with E-state index in [1.165, 1.54) is 16.0 Å². The van der Waals surface area contributed by atoms with Crippen LogP contribution in [0, 0.1) is 13.8 Å². The molecule has 4 heteroatoms. The van der Waals surface area contributed by atoms with Crippen LogP contribution < -0.4 is 4.90 Å². The van der Waals surface area contributed by atoms with Gasteiger partial charge in [0, 0.05) is 27.5 Å². The minimum atomic E-state index is -0.350. The van der Waals surface area contributed by atoms with Gasteiger partial charge in [-0.25, -0.2) is 4.90 Å². The number of rotatable bonds is 6. The van der Waals surface area contributed by atoms with E-state index >= 15 is 9.59 Å². The van der Waals surface area contributed by atoms with Crippen LogP contribution in [0.2, 0.25) is 0 Å². The molecule has 0 aliphatic carbocycles. The van der Waals surface area contributed by atoms with Gasteiger partial charge in [0.2, 0.25) is 0 Å². The summed E-state index contributed by atoms with van der Waals surface area (Å²) >= 11 is 0. The van der Waals surface area contributed by atoms with Crippen LogP contribution in [0.25, 0.3) is 72.0 Å². The van der Waals surface area contributed by atoms with Crippen LogP contribution in [0.3, 0.4) is 0 Å². The molecular formula is C52H36N2O2. The molecule has 0 bridgehead atoms. The summed E-state index contributed by atoms with van der Waals surface area (Å²) in [5.74, 6) is -0.693. The summed E-state index contributed by atoms with van der Waals surface area (Å²) in [5, 5.41) is 2.16. The third-order valence-electron chi connectivity index (χ3n) is 11.1. The molecule has 0 unspecified atom stereocenters. The second-order valence-electron chi connectivity index (χ2n) is 14.5. The summed E-state index contributed by atoms with van der Waals surface area (Å²) in [4.78, 5) is 31.9. The summed E-state index contributed by atoms with van der Waals surface area (Å²) < 4.78 is 2.20. The number of hydrogen-bond acceptors (Lipinski definition) is 2. The highest BCUT2D eigenvalue weighted by atomic mass is 16.2. The highest BCUT2D eigenvalue weighted by Gasteiger charge is 2.42. The first-order chi connectivity index (χ1) is 27.5. The maximum atomic E-state index is 15.5. The minimum Gasteiger partial charge on any atom is -0.308 e. The quantitative estimate of drug-likeness (QED) is 0.161. The number of anilines is 1. The van der Waals surface area contributed by atoms with Crippen LogP contribution in [-0.2, 0) is 0 Å². The van der Waals surface area contributed by atoms with E-state index in [0.717, 1.165) is 66.3 Å². The predicted octanol–water partition coefficient (Wildman–Crippen LogP) is 12.9. The fraction of sp³-hybridized carbons (Fsp3) is 0.0385. The number of amides is 2. The topological polar surface area (TPSA) is 42.3 Å². The fourth-order valence-electron chi connectivity index (χ4n) is 8.61. The van der Waals surface area contributed by atoms with E-state index < -0.39 is 0 Å². The number of fused-ring (bicyclic) bond motifs is 4. The molecule has 10 rings (SSSR count). The first-order valence-electron chi connectivity index (χ1n) is 18.9. The molecule has 0 saturated heterocycles. The number of para-hydroxylation sites is 2. The lowest BCUT2D eigenvalue weighted by Gasteiger charge is -2.24. The number of hydrogen-bond donors (Lipinski definition) is 0. The lowest BCUT2D eigenvalue weighted by Crippen LogP contribution is -2.30. The monoisotopic (exact) mass is 720 g/mol. The zero-order chi connectivity index (χ0) is 37.9. The average molecular weight is 721 g/mol. The Bertz CT molecular complexity index is 2960. The molecular weight excluding hydrogens is 685 g/mol. The predicted molar refractivity (Wildman–Crippen MR) is 230 cm³/mol. The van der Waals surface area contributed by atoms with Gasteiger partial charge in [-0.15, -0.1) is 0 Å². The number of imide groups is 1. The number of carbonyl (C=O) groups is 2. The Labute approximate surface area is 325 Å². The van der Waals surface area contributed by atoms with Crippen LogP contribution in [0.4, 0.5) is 5.69 Å². The first kappa shape index (κ1) is 33.3.